The molecular weight excluding hydrogens is 1230 g/mol. The van der Waals surface area contributed by atoms with E-state index >= 15 is 0 Å². The van der Waals surface area contributed by atoms with Gasteiger partial charge in [0.2, 0.25) is 0 Å². The number of rotatable bonds is 75. The van der Waals surface area contributed by atoms with Crippen LogP contribution in [0.2, 0.25) is 0 Å². The van der Waals surface area contributed by atoms with Crippen LogP contribution in [0.25, 0.3) is 0 Å². The molecule has 0 spiro atoms. The largest absolute Gasteiger partial charge is 0.472 e. The normalized spacial score (nSPS) is 14.0. The standard InChI is InChI=1S/C75H146O17P2/c1-6-9-12-15-18-20-22-24-26-28-30-32-34-39-44-49-54-59-73(78)86-65-71(92-74(79)60-55-50-45-40-35-33-31-29-27-25-23-21-19-16-13-10-7-2)67-90-94(83,84)88-63-69(76)62-87-93(81,82)89-66-70(64-85-72(77)58-53-48-42-17-14-11-8-3)91-75(80)61-56-51-46-41-37-36-38-43-47-52-57-68(4)5/h68-71,76H,6-67H2,1-5H3,(H,81,82)(H,83,84)/t69-,70+,71+/m0/s1. The van der Waals surface area contributed by atoms with Gasteiger partial charge in [0.05, 0.1) is 26.4 Å². The highest BCUT2D eigenvalue weighted by atomic mass is 31.2. The van der Waals surface area contributed by atoms with Crippen LogP contribution >= 0.6 is 15.6 Å². The molecule has 0 aromatic carbocycles. The summed E-state index contributed by atoms with van der Waals surface area (Å²) in [5, 5.41) is 10.6. The monoisotopic (exact) mass is 1380 g/mol. The van der Waals surface area contributed by atoms with Crippen LogP contribution in [0.4, 0.5) is 0 Å². The number of unbranched alkanes of at least 4 members (excludes halogenated alkanes) is 47. The molecule has 0 amide bonds. The highest BCUT2D eigenvalue weighted by molar-refractivity contribution is 7.47. The van der Waals surface area contributed by atoms with Crippen LogP contribution in [-0.4, -0.2) is 96.7 Å². The van der Waals surface area contributed by atoms with Crippen molar-refractivity contribution in [1.29, 1.82) is 0 Å². The zero-order chi connectivity index (χ0) is 69.1. The van der Waals surface area contributed by atoms with Gasteiger partial charge in [-0.05, 0) is 31.6 Å². The van der Waals surface area contributed by atoms with Crippen LogP contribution in [0, 0.1) is 5.92 Å². The average molecular weight is 1380 g/mol. The SMILES string of the molecule is CCCCCCCCCCCCCCCCCCCC(=O)OC[C@H](COP(=O)(O)OC[C@@H](O)COP(=O)(O)OC[C@@H](COC(=O)CCCCCCCCC)OC(=O)CCCCCCCCCCCCC(C)C)OC(=O)CCCCCCCCCCCCCCCCCCC. The molecule has 0 aliphatic heterocycles. The van der Waals surface area contributed by atoms with Crippen molar-refractivity contribution < 1.29 is 80.2 Å². The fourth-order valence-corrected chi connectivity index (χ4v) is 13.1. The van der Waals surface area contributed by atoms with E-state index in [2.05, 4.69) is 34.6 Å². The molecule has 19 heteroatoms. The molecule has 0 radical (unpaired) electrons. The Hall–Kier alpha value is -1.94. The minimum Gasteiger partial charge on any atom is -0.462 e. The second kappa shape index (κ2) is 68.2. The Morgan fingerprint density at radius 1 is 0.287 bits per heavy atom. The van der Waals surface area contributed by atoms with Crippen molar-refractivity contribution in [1.82, 2.24) is 0 Å². The number of phosphoric acid groups is 2. The van der Waals surface area contributed by atoms with E-state index in [9.17, 15) is 43.2 Å². The van der Waals surface area contributed by atoms with Crippen molar-refractivity contribution in [2.45, 2.75) is 412 Å². The summed E-state index contributed by atoms with van der Waals surface area (Å²) in [7, 11) is -9.90. The van der Waals surface area contributed by atoms with Crippen LogP contribution in [0.1, 0.15) is 394 Å². The Bertz CT molecular complexity index is 1810. The quantitative estimate of drug-likeness (QED) is 0.0222. The van der Waals surface area contributed by atoms with E-state index in [0.717, 1.165) is 109 Å². The third kappa shape index (κ3) is 68.6. The fourth-order valence-electron chi connectivity index (χ4n) is 11.5. The summed E-state index contributed by atoms with van der Waals surface area (Å²) < 4.78 is 68.4. The molecule has 558 valence electrons. The van der Waals surface area contributed by atoms with Gasteiger partial charge in [0.1, 0.15) is 19.3 Å². The number of hydrogen-bond acceptors (Lipinski definition) is 15. The maximum Gasteiger partial charge on any atom is 0.472 e. The van der Waals surface area contributed by atoms with E-state index in [4.69, 9.17) is 37.0 Å². The van der Waals surface area contributed by atoms with Gasteiger partial charge in [-0.2, -0.15) is 0 Å². The average Bonchev–Trinajstić information content (AvgIpc) is 1.80. The minimum atomic E-state index is -4.95. The Balaban J connectivity index is 5.19. The van der Waals surface area contributed by atoms with Crippen molar-refractivity contribution in [2.24, 2.45) is 5.92 Å². The summed E-state index contributed by atoms with van der Waals surface area (Å²) in [5.74, 6) is -1.37. The molecule has 0 saturated carbocycles. The summed E-state index contributed by atoms with van der Waals surface area (Å²) in [6.07, 6.45) is 57.0. The minimum absolute atomic E-state index is 0.106. The maximum absolute atomic E-state index is 13.1. The molecule has 0 aliphatic carbocycles. The molecule has 0 heterocycles. The van der Waals surface area contributed by atoms with E-state index in [0.29, 0.717) is 25.7 Å². The first-order valence-corrected chi connectivity index (χ1v) is 42.1. The van der Waals surface area contributed by atoms with Crippen LogP contribution in [-0.2, 0) is 65.4 Å². The topological polar surface area (TPSA) is 237 Å². The number of ether oxygens (including phenoxy) is 4. The fraction of sp³-hybridized carbons (Fsp3) is 0.947. The lowest BCUT2D eigenvalue weighted by atomic mass is 10.0. The first-order valence-electron chi connectivity index (χ1n) is 39.1. The second-order valence-electron chi connectivity index (χ2n) is 27.5. The highest BCUT2D eigenvalue weighted by Crippen LogP contribution is 2.45. The first-order chi connectivity index (χ1) is 45.5. The molecule has 5 atom stereocenters. The Morgan fingerprint density at radius 2 is 0.489 bits per heavy atom. The third-order valence-electron chi connectivity index (χ3n) is 17.5. The van der Waals surface area contributed by atoms with E-state index in [1.807, 2.05) is 0 Å². The molecule has 2 unspecified atom stereocenters. The smallest absolute Gasteiger partial charge is 0.462 e. The van der Waals surface area contributed by atoms with Gasteiger partial charge in [-0.1, -0.05) is 343 Å². The zero-order valence-electron chi connectivity index (χ0n) is 61.1. The lowest BCUT2D eigenvalue weighted by molar-refractivity contribution is -0.161. The summed E-state index contributed by atoms with van der Waals surface area (Å²) >= 11 is 0. The molecule has 0 bridgehead atoms. The van der Waals surface area contributed by atoms with Gasteiger partial charge in [-0.15, -0.1) is 0 Å². The Morgan fingerprint density at radius 3 is 0.723 bits per heavy atom. The van der Waals surface area contributed by atoms with Crippen molar-refractivity contribution in [3.05, 3.63) is 0 Å². The van der Waals surface area contributed by atoms with Crippen molar-refractivity contribution >= 4 is 39.5 Å². The van der Waals surface area contributed by atoms with E-state index in [1.165, 1.54) is 205 Å². The van der Waals surface area contributed by atoms with Gasteiger partial charge in [0.25, 0.3) is 0 Å². The molecule has 94 heavy (non-hydrogen) atoms. The Labute approximate surface area is 575 Å². The van der Waals surface area contributed by atoms with Gasteiger partial charge in [0, 0.05) is 25.7 Å². The van der Waals surface area contributed by atoms with Crippen molar-refractivity contribution in [3.63, 3.8) is 0 Å². The molecule has 0 aromatic rings. The molecule has 0 rings (SSSR count). The van der Waals surface area contributed by atoms with Crippen molar-refractivity contribution in [3.8, 4) is 0 Å². The zero-order valence-corrected chi connectivity index (χ0v) is 62.9. The van der Waals surface area contributed by atoms with E-state index < -0.39 is 97.5 Å². The van der Waals surface area contributed by atoms with Gasteiger partial charge in [0.15, 0.2) is 12.2 Å². The maximum atomic E-state index is 13.1. The molecule has 0 aromatic heterocycles. The third-order valence-corrected chi connectivity index (χ3v) is 19.4. The van der Waals surface area contributed by atoms with E-state index in [1.54, 1.807) is 0 Å². The first kappa shape index (κ1) is 92.1. The lowest BCUT2D eigenvalue weighted by Gasteiger charge is -2.21. The lowest BCUT2D eigenvalue weighted by Crippen LogP contribution is -2.30. The predicted molar refractivity (Wildman–Crippen MR) is 382 cm³/mol. The number of hydrogen-bond donors (Lipinski definition) is 3. The molecule has 0 aliphatic rings. The second-order valence-corrected chi connectivity index (χ2v) is 30.4. The highest BCUT2D eigenvalue weighted by Gasteiger charge is 2.30. The van der Waals surface area contributed by atoms with Crippen LogP contribution in [0.15, 0.2) is 0 Å². The summed E-state index contributed by atoms with van der Waals surface area (Å²) in [5.41, 5.74) is 0. The number of esters is 4. The number of carbonyl (C=O) groups excluding carboxylic acids is 4. The van der Waals surface area contributed by atoms with Crippen LogP contribution in [0.5, 0.6) is 0 Å². The predicted octanol–water partition coefficient (Wildman–Crippen LogP) is 22.1. The molecular formula is C75H146O17P2. The van der Waals surface area contributed by atoms with Gasteiger partial charge in [-0.25, -0.2) is 9.13 Å². The van der Waals surface area contributed by atoms with Gasteiger partial charge >= 0.3 is 39.5 Å². The summed E-state index contributed by atoms with van der Waals surface area (Å²) in [6, 6.07) is 0. The number of phosphoric ester groups is 2. The van der Waals surface area contributed by atoms with E-state index in [-0.39, 0.29) is 25.7 Å². The van der Waals surface area contributed by atoms with Gasteiger partial charge in [-0.3, -0.25) is 37.3 Å². The summed E-state index contributed by atoms with van der Waals surface area (Å²) in [6.45, 7) is 7.24. The number of aliphatic hydroxyl groups excluding tert-OH is 1. The number of carbonyl (C=O) groups is 4. The van der Waals surface area contributed by atoms with Crippen molar-refractivity contribution in [2.75, 3.05) is 39.6 Å². The molecule has 0 fully saturated rings. The van der Waals surface area contributed by atoms with Gasteiger partial charge < -0.3 is 33.8 Å². The molecule has 0 saturated heterocycles. The van der Waals surface area contributed by atoms with Crippen LogP contribution in [0.3, 0.4) is 0 Å². The molecule has 17 nitrogen and oxygen atoms in total. The van der Waals surface area contributed by atoms with Crippen LogP contribution < -0.4 is 0 Å². The summed E-state index contributed by atoms with van der Waals surface area (Å²) in [4.78, 5) is 72.6. The number of aliphatic hydroxyl groups is 1. The Kier molecular flexibility index (Phi) is 66.8. The molecule has 3 N–H and O–H groups in total.